The monoisotopic (exact) mass is 343 g/mol. The second-order valence-corrected chi connectivity index (χ2v) is 7.79. The van der Waals surface area contributed by atoms with Crippen LogP contribution in [0.1, 0.15) is 43.2 Å². The second-order valence-electron chi connectivity index (χ2n) is 7.79. The molecule has 3 rings (SSSR count). The fourth-order valence-corrected chi connectivity index (χ4v) is 4.13. The van der Waals surface area contributed by atoms with Crippen molar-refractivity contribution in [2.45, 2.75) is 46.0 Å². The number of piperazine rings is 1. The second kappa shape index (κ2) is 8.70. The minimum Gasteiger partial charge on any atom is -0.369 e. The molecule has 1 heterocycles. The van der Waals surface area contributed by atoms with Gasteiger partial charge in [-0.25, -0.2) is 0 Å². The maximum Gasteiger partial charge on any atom is 0.234 e. The summed E-state index contributed by atoms with van der Waals surface area (Å²) in [5.41, 5.74) is 4.07. The van der Waals surface area contributed by atoms with E-state index < -0.39 is 0 Å². The molecule has 25 heavy (non-hydrogen) atoms. The first-order valence-corrected chi connectivity index (χ1v) is 9.93. The maximum atomic E-state index is 12.2. The van der Waals surface area contributed by atoms with Gasteiger partial charge in [-0.2, -0.15) is 0 Å². The Balaban J connectivity index is 1.41. The minimum absolute atomic E-state index is 0.200. The van der Waals surface area contributed by atoms with Crippen LogP contribution >= 0.6 is 0 Å². The number of carbonyl (C=O) groups excluding carboxylic acids is 1. The van der Waals surface area contributed by atoms with E-state index in [1.54, 1.807) is 0 Å². The van der Waals surface area contributed by atoms with Crippen molar-refractivity contribution in [2.24, 2.45) is 5.92 Å². The molecule has 0 aromatic heterocycles. The Morgan fingerprint density at radius 1 is 1.08 bits per heavy atom. The third-order valence-corrected chi connectivity index (χ3v) is 5.97. The molecule has 1 aromatic carbocycles. The molecule has 0 unspecified atom stereocenters. The summed E-state index contributed by atoms with van der Waals surface area (Å²) >= 11 is 0. The molecular weight excluding hydrogens is 310 g/mol. The molecule has 4 heteroatoms. The van der Waals surface area contributed by atoms with Crippen molar-refractivity contribution in [1.82, 2.24) is 10.2 Å². The fraction of sp³-hybridized carbons (Fsp3) is 0.667. The lowest BCUT2D eigenvalue weighted by atomic mass is 9.89. The van der Waals surface area contributed by atoms with Gasteiger partial charge in [0.1, 0.15) is 0 Å². The first kappa shape index (κ1) is 18.2. The van der Waals surface area contributed by atoms with E-state index in [9.17, 15) is 4.79 Å². The van der Waals surface area contributed by atoms with Gasteiger partial charge in [0.15, 0.2) is 0 Å². The number of amides is 1. The lowest BCUT2D eigenvalue weighted by Crippen LogP contribution is -2.50. The van der Waals surface area contributed by atoms with E-state index in [0.717, 1.165) is 32.7 Å². The molecule has 1 aliphatic carbocycles. The smallest absolute Gasteiger partial charge is 0.234 e. The van der Waals surface area contributed by atoms with Gasteiger partial charge >= 0.3 is 0 Å². The van der Waals surface area contributed by atoms with Crippen LogP contribution in [0.5, 0.6) is 0 Å². The zero-order chi connectivity index (χ0) is 17.6. The van der Waals surface area contributed by atoms with Gasteiger partial charge in [0.05, 0.1) is 6.54 Å². The first-order chi connectivity index (χ1) is 12.1. The molecule has 1 aliphatic heterocycles. The summed E-state index contributed by atoms with van der Waals surface area (Å²) in [5, 5.41) is 3.16. The van der Waals surface area contributed by atoms with Gasteiger partial charge in [-0.05, 0) is 49.8 Å². The summed E-state index contributed by atoms with van der Waals surface area (Å²) in [6, 6.07) is 6.53. The van der Waals surface area contributed by atoms with Crippen molar-refractivity contribution in [3.8, 4) is 0 Å². The van der Waals surface area contributed by atoms with Crippen molar-refractivity contribution in [1.29, 1.82) is 0 Å². The average molecular weight is 344 g/mol. The molecule has 2 fully saturated rings. The zero-order valence-electron chi connectivity index (χ0n) is 15.9. The van der Waals surface area contributed by atoms with Gasteiger partial charge in [0, 0.05) is 38.4 Å². The number of rotatable bonds is 5. The standard InChI is InChI=1S/C21H33N3O/c1-17-7-6-10-20(18(17)2)24-13-11-23(12-14-24)16-21(25)22-15-19-8-4-3-5-9-19/h6-7,10,19H,3-5,8-9,11-16H2,1-2H3,(H,22,25). The van der Waals surface area contributed by atoms with E-state index in [1.165, 1.54) is 48.9 Å². The average Bonchev–Trinajstić information content (AvgIpc) is 2.64. The van der Waals surface area contributed by atoms with Crippen LogP contribution in [-0.4, -0.2) is 50.1 Å². The SMILES string of the molecule is Cc1cccc(N2CCN(CC(=O)NCC3CCCCC3)CC2)c1C. The molecule has 0 bridgehead atoms. The highest BCUT2D eigenvalue weighted by Crippen LogP contribution is 2.24. The Hall–Kier alpha value is -1.55. The molecule has 0 spiro atoms. The number of carbonyl (C=O) groups is 1. The van der Waals surface area contributed by atoms with E-state index in [2.05, 4.69) is 47.2 Å². The van der Waals surface area contributed by atoms with E-state index in [1.807, 2.05) is 0 Å². The summed E-state index contributed by atoms with van der Waals surface area (Å²) in [5.74, 6) is 0.907. The van der Waals surface area contributed by atoms with Gasteiger partial charge < -0.3 is 10.2 Å². The van der Waals surface area contributed by atoms with Crippen LogP contribution in [0.4, 0.5) is 5.69 Å². The van der Waals surface area contributed by atoms with E-state index in [0.29, 0.717) is 12.5 Å². The van der Waals surface area contributed by atoms with Crippen molar-refractivity contribution in [3.05, 3.63) is 29.3 Å². The Morgan fingerprint density at radius 3 is 2.52 bits per heavy atom. The molecular formula is C21H33N3O. The van der Waals surface area contributed by atoms with Crippen LogP contribution in [0.3, 0.4) is 0 Å². The normalized spacial score (nSPS) is 19.8. The fourth-order valence-electron chi connectivity index (χ4n) is 4.13. The molecule has 1 aromatic rings. The highest BCUT2D eigenvalue weighted by molar-refractivity contribution is 5.78. The lowest BCUT2D eigenvalue weighted by molar-refractivity contribution is -0.122. The Bertz CT molecular complexity index is 573. The van der Waals surface area contributed by atoms with Crippen LogP contribution in [-0.2, 0) is 4.79 Å². The van der Waals surface area contributed by atoms with E-state index >= 15 is 0 Å². The molecule has 1 saturated carbocycles. The topological polar surface area (TPSA) is 35.6 Å². The number of hydrogen-bond acceptors (Lipinski definition) is 3. The molecule has 1 amide bonds. The molecule has 138 valence electrons. The quantitative estimate of drug-likeness (QED) is 0.892. The van der Waals surface area contributed by atoms with Gasteiger partial charge in [-0.3, -0.25) is 9.69 Å². The van der Waals surface area contributed by atoms with E-state index in [4.69, 9.17) is 0 Å². The maximum absolute atomic E-state index is 12.2. The van der Waals surface area contributed by atoms with Crippen LogP contribution in [0.2, 0.25) is 0 Å². The Labute approximate surface area is 152 Å². The number of nitrogens with zero attached hydrogens (tertiary/aromatic N) is 2. The number of nitrogens with one attached hydrogen (secondary N) is 1. The number of aryl methyl sites for hydroxylation is 1. The predicted octanol–water partition coefficient (Wildman–Crippen LogP) is 3.12. The van der Waals surface area contributed by atoms with Gasteiger partial charge in [-0.1, -0.05) is 31.4 Å². The molecule has 4 nitrogen and oxygen atoms in total. The van der Waals surface area contributed by atoms with Gasteiger partial charge in [0.25, 0.3) is 0 Å². The number of anilines is 1. The van der Waals surface area contributed by atoms with Crippen LogP contribution < -0.4 is 10.2 Å². The molecule has 2 aliphatic rings. The minimum atomic E-state index is 0.200. The van der Waals surface area contributed by atoms with Crippen molar-refractivity contribution in [2.75, 3.05) is 44.2 Å². The molecule has 1 N–H and O–H groups in total. The van der Waals surface area contributed by atoms with E-state index in [-0.39, 0.29) is 5.91 Å². The third-order valence-electron chi connectivity index (χ3n) is 5.97. The summed E-state index contributed by atoms with van der Waals surface area (Å²) in [6.07, 6.45) is 6.61. The van der Waals surface area contributed by atoms with Gasteiger partial charge in [0.2, 0.25) is 5.91 Å². The largest absolute Gasteiger partial charge is 0.369 e. The third kappa shape index (κ3) is 4.97. The van der Waals surface area contributed by atoms with Crippen LogP contribution in [0.25, 0.3) is 0 Å². The van der Waals surface area contributed by atoms with Gasteiger partial charge in [-0.15, -0.1) is 0 Å². The van der Waals surface area contributed by atoms with Crippen molar-refractivity contribution < 1.29 is 4.79 Å². The number of hydrogen-bond donors (Lipinski definition) is 1. The van der Waals surface area contributed by atoms with Crippen LogP contribution in [0, 0.1) is 19.8 Å². The summed E-state index contributed by atoms with van der Waals surface area (Å²) in [6.45, 7) is 9.73. The molecule has 0 radical (unpaired) electrons. The zero-order valence-corrected chi connectivity index (χ0v) is 15.9. The molecule has 0 atom stereocenters. The van der Waals surface area contributed by atoms with Crippen molar-refractivity contribution >= 4 is 11.6 Å². The lowest BCUT2D eigenvalue weighted by Gasteiger charge is -2.36. The highest BCUT2D eigenvalue weighted by atomic mass is 16.2. The molecule has 1 saturated heterocycles. The van der Waals surface area contributed by atoms with Crippen LogP contribution in [0.15, 0.2) is 18.2 Å². The van der Waals surface area contributed by atoms with Crippen molar-refractivity contribution in [3.63, 3.8) is 0 Å². The Morgan fingerprint density at radius 2 is 1.80 bits per heavy atom. The predicted molar refractivity (Wildman–Crippen MR) is 104 cm³/mol. The summed E-state index contributed by atoms with van der Waals surface area (Å²) < 4.78 is 0. The number of benzene rings is 1. The summed E-state index contributed by atoms with van der Waals surface area (Å²) in [7, 11) is 0. The highest BCUT2D eigenvalue weighted by Gasteiger charge is 2.21. The summed E-state index contributed by atoms with van der Waals surface area (Å²) in [4.78, 5) is 17.0. The Kier molecular flexibility index (Phi) is 6.35. The first-order valence-electron chi connectivity index (χ1n) is 9.93.